The van der Waals surface area contributed by atoms with Gasteiger partial charge in [0, 0.05) is 20.0 Å². The van der Waals surface area contributed by atoms with E-state index in [1.54, 1.807) is 6.92 Å². The Labute approximate surface area is 115 Å². The van der Waals surface area contributed by atoms with Crippen LogP contribution in [0.2, 0.25) is 0 Å². The minimum absolute atomic E-state index is 0.0241. The van der Waals surface area contributed by atoms with Crippen molar-refractivity contribution in [1.82, 2.24) is 20.3 Å². The fourth-order valence-electron chi connectivity index (χ4n) is 2.13. The van der Waals surface area contributed by atoms with E-state index in [-0.39, 0.29) is 5.91 Å². The van der Waals surface area contributed by atoms with Gasteiger partial charge in [-0.2, -0.15) is 0 Å². The number of carbonyl (C=O) groups is 1. The lowest BCUT2D eigenvalue weighted by molar-refractivity contribution is -0.118. The molecule has 0 aromatic carbocycles. The first kappa shape index (κ1) is 15.7. The maximum Gasteiger partial charge on any atom is 0.216 e. The highest BCUT2D eigenvalue weighted by atomic mass is 16.1. The van der Waals surface area contributed by atoms with Crippen LogP contribution in [-0.2, 0) is 24.2 Å². The van der Waals surface area contributed by atoms with Gasteiger partial charge in [-0.1, -0.05) is 31.9 Å². The molecule has 0 saturated carbocycles. The van der Waals surface area contributed by atoms with Crippen molar-refractivity contribution >= 4 is 5.91 Å². The smallest absolute Gasteiger partial charge is 0.216 e. The number of carbonyl (C=O) groups excluding carboxylic acids is 1. The van der Waals surface area contributed by atoms with Crippen molar-refractivity contribution in [3.63, 3.8) is 0 Å². The summed E-state index contributed by atoms with van der Waals surface area (Å²) in [5.41, 5.74) is 2.40. The molecular formula is C14H26N4O. The summed E-state index contributed by atoms with van der Waals surface area (Å²) in [6.45, 7) is 7.40. The zero-order chi connectivity index (χ0) is 14.1. The van der Waals surface area contributed by atoms with Crippen molar-refractivity contribution in [3.05, 3.63) is 11.4 Å². The van der Waals surface area contributed by atoms with Crippen LogP contribution in [0.25, 0.3) is 0 Å². The fourth-order valence-corrected chi connectivity index (χ4v) is 2.13. The summed E-state index contributed by atoms with van der Waals surface area (Å²) in [6, 6.07) is 0. The molecule has 0 aliphatic rings. The van der Waals surface area contributed by atoms with E-state index >= 15 is 0 Å². The Kier molecular flexibility index (Phi) is 7.15. The third kappa shape index (κ3) is 5.41. The number of aryl methyl sites for hydroxylation is 2. The van der Waals surface area contributed by atoms with Crippen molar-refractivity contribution in [2.45, 2.75) is 65.8 Å². The molecule has 5 heteroatoms. The minimum atomic E-state index is 0.0241. The molecule has 19 heavy (non-hydrogen) atoms. The van der Waals surface area contributed by atoms with Gasteiger partial charge in [0.2, 0.25) is 5.91 Å². The van der Waals surface area contributed by atoms with Crippen LogP contribution in [0.4, 0.5) is 0 Å². The van der Waals surface area contributed by atoms with Crippen LogP contribution >= 0.6 is 0 Å². The lowest BCUT2D eigenvalue weighted by Gasteiger charge is -2.08. The van der Waals surface area contributed by atoms with Crippen LogP contribution in [0.1, 0.15) is 57.8 Å². The number of hydrogen-bond donors (Lipinski definition) is 1. The molecule has 1 aromatic heterocycles. The maximum absolute atomic E-state index is 10.8. The third-order valence-corrected chi connectivity index (χ3v) is 3.19. The second-order valence-corrected chi connectivity index (χ2v) is 4.85. The zero-order valence-corrected chi connectivity index (χ0v) is 12.4. The molecule has 5 nitrogen and oxygen atoms in total. The van der Waals surface area contributed by atoms with Crippen LogP contribution in [0.3, 0.4) is 0 Å². The highest BCUT2D eigenvalue weighted by molar-refractivity contribution is 5.72. The van der Waals surface area contributed by atoms with E-state index in [4.69, 9.17) is 0 Å². The molecule has 1 aromatic rings. The second-order valence-electron chi connectivity index (χ2n) is 4.85. The van der Waals surface area contributed by atoms with Crippen molar-refractivity contribution in [3.8, 4) is 0 Å². The van der Waals surface area contributed by atoms with Gasteiger partial charge in [-0.15, -0.1) is 5.10 Å². The first-order chi connectivity index (χ1) is 9.19. The standard InChI is InChI=1S/C14H26N4O/c1-4-6-7-9-14-13(5-2)16-17-18(14)11-8-10-15-12(3)19/h4-11H2,1-3H3,(H,15,19). The molecule has 1 amide bonds. The first-order valence-corrected chi connectivity index (χ1v) is 7.34. The summed E-state index contributed by atoms with van der Waals surface area (Å²) >= 11 is 0. The monoisotopic (exact) mass is 266 g/mol. The predicted octanol–water partition coefficient (Wildman–Crippen LogP) is 2.10. The predicted molar refractivity (Wildman–Crippen MR) is 75.9 cm³/mol. The molecule has 1 rings (SSSR count). The summed E-state index contributed by atoms with van der Waals surface area (Å²) in [5, 5.41) is 11.3. The van der Waals surface area contributed by atoms with Gasteiger partial charge in [-0.05, 0) is 25.7 Å². The molecule has 0 atom stereocenters. The number of nitrogens with zero attached hydrogens (tertiary/aromatic N) is 3. The number of amides is 1. The van der Waals surface area contributed by atoms with E-state index in [1.165, 1.54) is 25.0 Å². The van der Waals surface area contributed by atoms with Gasteiger partial charge in [-0.3, -0.25) is 4.79 Å². The summed E-state index contributed by atoms with van der Waals surface area (Å²) in [5.74, 6) is 0.0241. The van der Waals surface area contributed by atoms with Crippen LogP contribution < -0.4 is 5.32 Å². The molecular weight excluding hydrogens is 240 g/mol. The SMILES string of the molecule is CCCCCc1c(CC)nnn1CCCNC(C)=O. The Bertz CT molecular complexity index is 387. The number of aromatic nitrogens is 3. The van der Waals surface area contributed by atoms with Crippen molar-refractivity contribution in [2.75, 3.05) is 6.54 Å². The van der Waals surface area contributed by atoms with Crippen molar-refractivity contribution in [1.29, 1.82) is 0 Å². The molecule has 0 aliphatic heterocycles. The Morgan fingerprint density at radius 3 is 2.68 bits per heavy atom. The van der Waals surface area contributed by atoms with Gasteiger partial charge < -0.3 is 5.32 Å². The molecule has 0 spiro atoms. The minimum Gasteiger partial charge on any atom is -0.356 e. The van der Waals surface area contributed by atoms with Crippen molar-refractivity contribution < 1.29 is 4.79 Å². The Morgan fingerprint density at radius 1 is 1.26 bits per heavy atom. The summed E-state index contributed by atoms with van der Waals surface area (Å²) in [6.07, 6.45) is 6.57. The van der Waals surface area contributed by atoms with Crippen LogP contribution in [0.5, 0.6) is 0 Å². The van der Waals surface area contributed by atoms with Crippen LogP contribution in [0, 0.1) is 0 Å². The summed E-state index contributed by atoms with van der Waals surface area (Å²) in [7, 11) is 0. The molecule has 108 valence electrons. The van der Waals surface area contributed by atoms with Gasteiger partial charge in [0.15, 0.2) is 0 Å². The number of hydrogen-bond acceptors (Lipinski definition) is 3. The molecule has 1 heterocycles. The number of rotatable bonds is 9. The van der Waals surface area contributed by atoms with Gasteiger partial charge in [0.25, 0.3) is 0 Å². The molecule has 0 radical (unpaired) electrons. The maximum atomic E-state index is 10.8. The lowest BCUT2D eigenvalue weighted by atomic mass is 10.1. The number of nitrogens with one attached hydrogen (secondary N) is 1. The molecule has 0 aliphatic carbocycles. The molecule has 0 bridgehead atoms. The van der Waals surface area contributed by atoms with Gasteiger partial charge in [0.05, 0.1) is 11.4 Å². The molecule has 0 fully saturated rings. The first-order valence-electron chi connectivity index (χ1n) is 7.34. The van der Waals surface area contributed by atoms with Crippen molar-refractivity contribution in [2.24, 2.45) is 0 Å². The largest absolute Gasteiger partial charge is 0.356 e. The number of unbranched alkanes of at least 4 members (excludes halogenated alkanes) is 2. The fraction of sp³-hybridized carbons (Fsp3) is 0.786. The van der Waals surface area contributed by atoms with E-state index < -0.39 is 0 Å². The Hall–Kier alpha value is -1.39. The summed E-state index contributed by atoms with van der Waals surface area (Å²) < 4.78 is 2.01. The second kappa shape index (κ2) is 8.67. The normalized spacial score (nSPS) is 10.7. The highest BCUT2D eigenvalue weighted by Gasteiger charge is 2.10. The average molecular weight is 266 g/mol. The van der Waals surface area contributed by atoms with E-state index in [9.17, 15) is 4.79 Å². The molecule has 1 N–H and O–H groups in total. The lowest BCUT2D eigenvalue weighted by Crippen LogP contribution is -2.22. The Balaban J connectivity index is 2.51. The van der Waals surface area contributed by atoms with Gasteiger partial charge in [0.1, 0.15) is 0 Å². The Morgan fingerprint density at radius 2 is 2.05 bits per heavy atom. The topological polar surface area (TPSA) is 59.8 Å². The molecule has 0 unspecified atom stereocenters. The van der Waals surface area contributed by atoms with Gasteiger partial charge in [-0.25, -0.2) is 4.68 Å². The summed E-state index contributed by atoms with van der Waals surface area (Å²) in [4.78, 5) is 10.8. The average Bonchev–Trinajstić information content (AvgIpc) is 2.77. The third-order valence-electron chi connectivity index (χ3n) is 3.19. The van der Waals surface area contributed by atoms with E-state index in [1.807, 2.05) is 4.68 Å². The zero-order valence-electron chi connectivity index (χ0n) is 12.4. The highest BCUT2D eigenvalue weighted by Crippen LogP contribution is 2.11. The molecule has 0 saturated heterocycles. The van der Waals surface area contributed by atoms with E-state index in [0.717, 1.165) is 31.5 Å². The van der Waals surface area contributed by atoms with Crippen LogP contribution in [-0.4, -0.2) is 27.4 Å². The van der Waals surface area contributed by atoms with Crippen LogP contribution in [0.15, 0.2) is 0 Å². The van der Waals surface area contributed by atoms with Gasteiger partial charge >= 0.3 is 0 Å². The van der Waals surface area contributed by atoms with E-state index in [2.05, 4.69) is 29.5 Å². The quantitative estimate of drug-likeness (QED) is 0.696. The van der Waals surface area contributed by atoms with E-state index in [0.29, 0.717) is 6.54 Å².